The maximum absolute atomic E-state index is 11.6. The average Bonchev–Trinajstić information content (AvgIpc) is 2.79. The Bertz CT molecular complexity index is 499. The zero-order valence-electron chi connectivity index (χ0n) is 9.21. The topological polar surface area (TPSA) is 54.9 Å². The van der Waals surface area contributed by atoms with Crippen LogP contribution < -0.4 is 5.32 Å². The highest BCUT2D eigenvalue weighted by Crippen LogP contribution is 2.19. The molecule has 17 heavy (non-hydrogen) atoms. The van der Waals surface area contributed by atoms with E-state index in [4.69, 9.17) is 0 Å². The van der Waals surface area contributed by atoms with Crippen LogP contribution >= 0.6 is 23.1 Å². The molecule has 0 saturated heterocycles. The Morgan fingerprint density at radius 1 is 1.53 bits per heavy atom. The molecule has 0 saturated carbocycles. The Balaban J connectivity index is 1.85. The smallest absolute Gasteiger partial charge is 0.234 e. The third-order valence-electron chi connectivity index (χ3n) is 1.97. The molecular weight excluding hydrogens is 254 g/mol. The van der Waals surface area contributed by atoms with Crippen LogP contribution in [0.1, 0.15) is 5.56 Å². The Labute approximate surface area is 107 Å². The highest BCUT2D eigenvalue weighted by molar-refractivity contribution is 8.01. The van der Waals surface area contributed by atoms with E-state index in [0.29, 0.717) is 5.75 Å². The molecule has 0 atom stereocenters. The summed E-state index contributed by atoms with van der Waals surface area (Å²) in [5.74, 6) is 0.319. The van der Waals surface area contributed by atoms with Gasteiger partial charge < -0.3 is 5.32 Å². The molecule has 1 aromatic heterocycles. The number of thioether (sulfide) groups is 1. The summed E-state index contributed by atoms with van der Waals surface area (Å²) >= 11 is 2.83. The number of hydrogen-bond acceptors (Lipinski definition) is 5. The second-order valence-electron chi connectivity index (χ2n) is 3.41. The number of anilines is 1. The molecule has 88 valence electrons. The lowest BCUT2D eigenvalue weighted by Crippen LogP contribution is -2.13. The van der Waals surface area contributed by atoms with Crippen molar-refractivity contribution in [3.63, 3.8) is 0 Å². The second-order valence-corrected chi connectivity index (χ2v) is 5.47. The lowest BCUT2D eigenvalue weighted by Gasteiger charge is -2.04. The summed E-state index contributed by atoms with van der Waals surface area (Å²) in [6.45, 7) is 1.99. The van der Waals surface area contributed by atoms with Crippen molar-refractivity contribution in [3.8, 4) is 0 Å². The number of rotatable bonds is 4. The predicted octanol–water partition coefficient (Wildman–Crippen LogP) is 2.58. The summed E-state index contributed by atoms with van der Waals surface area (Å²) < 4.78 is 0.810. The van der Waals surface area contributed by atoms with Crippen molar-refractivity contribution < 1.29 is 4.79 Å². The van der Waals surface area contributed by atoms with Crippen LogP contribution in [0.3, 0.4) is 0 Å². The van der Waals surface area contributed by atoms with Crippen LogP contribution in [-0.2, 0) is 4.79 Å². The monoisotopic (exact) mass is 265 g/mol. The first kappa shape index (κ1) is 12.1. The van der Waals surface area contributed by atoms with Crippen LogP contribution in [0.2, 0.25) is 0 Å². The van der Waals surface area contributed by atoms with Gasteiger partial charge in [-0.2, -0.15) is 0 Å². The summed E-state index contributed by atoms with van der Waals surface area (Å²) in [5, 5.41) is 10.4. The van der Waals surface area contributed by atoms with E-state index in [9.17, 15) is 4.79 Å². The van der Waals surface area contributed by atoms with Crippen LogP contribution in [0.15, 0.2) is 34.1 Å². The molecule has 2 aromatic rings. The lowest BCUT2D eigenvalue weighted by atomic mass is 10.2. The number of carbonyl (C=O) groups excluding carboxylic acids is 1. The van der Waals surface area contributed by atoms with Crippen LogP contribution in [0.4, 0.5) is 5.69 Å². The van der Waals surface area contributed by atoms with E-state index in [2.05, 4.69) is 15.5 Å². The molecule has 1 N–H and O–H groups in total. The van der Waals surface area contributed by atoms with E-state index >= 15 is 0 Å². The van der Waals surface area contributed by atoms with Crippen molar-refractivity contribution in [1.82, 2.24) is 10.2 Å². The van der Waals surface area contributed by atoms with Gasteiger partial charge in [-0.1, -0.05) is 35.2 Å². The zero-order chi connectivity index (χ0) is 12.1. The first-order valence-corrected chi connectivity index (χ1v) is 6.86. The van der Waals surface area contributed by atoms with Gasteiger partial charge >= 0.3 is 0 Å². The van der Waals surface area contributed by atoms with E-state index in [1.54, 1.807) is 5.51 Å². The fraction of sp³-hybridized carbons (Fsp3) is 0.182. The summed E-state index contributed by atoms with van der Waals surface area (Å²) in [7, 11) is 0. The van der Waals surface area contributed by atoms with Crippen molar-refractivity contribution in [2.45, 2.75) is 11.3 Å². The molecule has 1 aromatic carbocycles. The highest BCUT2D eigenvalue weighted by atomic mass is 32.2. The van der Waals surface area contributed by atoms with Crippen LogP contribution in [-0.4, -0.2) is 21.9 Å². The lowest BCUT2D eigenvalue weighted by molar-refractivity contribution is -0.113. The van der Waals surface area contributed by atoms with Gasteiger partial charge in [0.25, 0.3) is 0 Å². The molecule has 1 heterocycles. The average molecular weight is 265 g/mol. The van der Waals surface area contributed by atoms with E-state index < -0.39 is 0 Å². The molecule has 0 fully saturated rings. The molecule has 0 aliphatic carbocycles. The normalized spacial score (nSPS) is 10.2. The standard InChI is InChI=1S/C11H11N3OS2/c1-8-3-2-4-9(5-8)13-10(15)6-16-11-14-12-7-17-11/h2-5,7H,6H2,1H3,(H,13,15). The van der Waals surface area contributed by atoms with E-state index in [-0.39, 0.29) is 5.91 Å². The fourth-order valence-corrected chi connectivity index (χ4v) is 2.56. The SMILES string of the molecule is Cc1cccc(NC(=O)CSc2nncs2)c1. The molecule has 4 nitrogen and oxygen atoms in total. The molecule has 0 aliphatic heterocycles. The molecular formula is C11H11N3OS2. The zero-order valence-corrected chi connectivity index (χ0v) is 10.8. The quantitative estimate of drug-likeness (QED) is 0.863. The first-order chi connectivity index (χ1) is 8.24. The molecule has 0 bridgehead atoms. The van der Waals surface area contributed by atoms with Crippen molar-refractivity contribution >= 4 is 34.7 Å². The second kappa shape index (κ2) is 5.79. The number of nitrogens with zero attached hydrogens (tertiary/aromatic N) is 2. The first-order valence-electron chi connectivity index (χ1n) is 4.99. The third kappa shape index (κ3) is 3.83. The minimum atomic E-state index is -0.0317. The van der Waals surface area contributed by atoms with E-state index in [1.165, 1.54) is 23.1 Å². The van der Waals surface area contributed by atoms with Crippen molar-refractivity contribution in [2.24, 2.45) is 0 Å². The summed E-state index contributed by atoms with van der Waals surface area (Å²) in [5.41, 5.74) is 3.60. The molecule has 0 radical (unpaired) electrons. The Morgan fingerprint density at radius 2 is 2.41 bits per heavy atom. The number of carbonyl (C=O) groups is 1. The maximum Gasteiger partial charge on any atom is 0.234 e. The van der Waals surface area contributed by atoms with Gasteiger partial charge in [0.1, 0.15) is 5.51 Å². The Hall–Kier alpha value is -1.40. The van der Waals surface area contributed by atoms with Crippen LogP contribution in [0.5, 0.6) is 0 Å². The van der Waals surface area contributed by atoms with Gasteiger partial charge in [-0.15, -0.1) is 10.2 Å². The van der Waals surface area contributed by atoms with Crippen molar-refractivity contribution in [3.05, 3.63) is 35.3 Å². The van der Waals surface area contributed by atoms with Gasteiger partial charge in [-0.25, -0.2) is 0 Å². The number of nitrogens with one attached hydrogen (secondary N) is 1. The van der Waals surface area contributed by atoms with Crippen LogP contribution in [0.25, 0.3) is 0 Å². The number of amides is 1. The van der Waals surface area contributed by atoms with E-state index in [1.807, 2.05) is 31.2 Å². The summed E-state index contributed by atoms with van der Waals surface area (Å²) in [6, 6.07) is 7.72. The molecule has 1 amide bonds. The predicted molar refractivity (Wildman–Crippen MR) is 70.4 cm³/mol. The van der Waals surface area contributed by atoms with Crippen LogP contribution in [0, 0.1) is 6.92 Å². The number of benzene rings is 1. The fourth-order valence-electron chi connectivity index (χ4n) is 1.27. The molecule has 0 aliphatic rings. The summed E-state index contributed by atoms with van der Waals surface area (Å²) in [6.07, 6.45) is 0. The maximum atomic E-state index is 11.6. The largest absolute Gasteiger partial charge is 0.325 e. The highest BCUT2D eigenvalue weighted by Gasteiger charge is 2.05. The van der Waals surface area contributed by atoms with Gasteiger partial charge in [0.05, 0.1) is 5.75 Å². The number of hydrogen-bond donors (Lipinski definition) is 1. The van der Waals surface area contributed by atoms with Gasteiger partial charge in [-0.05, 0) is 24.6 Å². The molecule has 2 rings (SSSR count). The third-order valence-corrected chi connectivity index (χ3v) is 3.83. The number of aromatic nitrogens is 2. The van der Waals surface area contributed by atoms with Gasteiger partial charge in [-0.3, -0.25) is 4.79 Å². The van der Waals surface area contributed by atoms with E-state index in [0.717, 1.165) is 15.6 Å². The Kier molecular flexibility index (Phi) is 4.11. The Morgan fingerprint density at radius 3 is 3.12 bits per heavy atom. The minimum Gasteiger partial charge on any atom is -0.325 e. The number of aryl methyl sites for hydroxylation is 1. The van der Waals surface area contributed by atoms with Crippen molar-refractivity contribution in [2.75, 3.05) is 11.1 Å². The van der Waals surface area contributed by atoms with Crippen molar-refractivity contribution in [1.29, 1.82) is 0 Å². The molecule has 0 spiro atoms. The van der Waals surface area contributed by atoms with Gasteiger partial charge in [0.15, 0.2) is 4.34 Å². The molecule has 6 heteroatoms. The summed E-state index contributed by atoms with van der Waals surface area (Å²) in [4.78, 5) is 11.6. The van der Waals surface area contributed by atoms with Gasteiger partial charge in [0.2, 0.25) is 5.91 Å². The van der Waals surface area contributed by atoms with Gasteiger partial charge in [0, 0.05) is 5.69 Å². The minimum absolute atomic E-state index is 0.0317. The molecule has 0 unspecified atom stereocenters.